The summed E-state index contributed by atoms with van der Waals surface area (Å²) in [5.41, 5.74) is 1.20. The van der Waals surface area contributed by atoms with Crippen molar-refractivity contribution in [3.05, 3.63) is 64.0 Å². The summed E-state index contributed by atoms with van der Waals surface area (Å²) in [6.07, 6.45) is 3.54. The molecule has 2 heterocycles. The van der Waals surface area contributed by atoms with Crippen molar-refractivity contribution in [1.29, 1.82) is 0 Å². The minimum Gasteiger partial charge on any atom is -0.464 e. The average molecular weight is 367 g/mol. The summed E-state index contributed by atoms with van der Waals surface area (Å²) in [5, 5.41) is 1.91. The molecule has 1 aromatic heterocycles. The molecular formula is C21H21NO3S. The molecule has 1 aliphatic heterocycles. The number of hydrogen-bond donors (Lipinski definition) is 0. The lowest BCUT2D eigenvalue weighted by molar-refractivity contribution is -0.152. The SMILES string of the molecule is CCOC(=O)C1(c2cccs2)C(=O)C2=C(CCCC2)N1c1ccccc1. The Kier molecular flexibility index (Phi) is 4.41. The van der Waals surface area contributed by atoms with Gasteiger partial charge < -0.3 is 9.64 Å². The Morgan fingerprint density at radius 1 is 1.15 bits per heavy atom. The van der Waals surface area contributed by atoms with E-state index < -0.39 is 11.5 Å². The van der Waals surface area contributed by atoms with Gasteiger partial charge in [-0.15, -0.1) is 11.3 Å². The van der Waals surface area contributed by atoms with Crippen LogP contribution in [0.3, 0.4) is 0 Å². The van der Waals surface area contributed by atoms with Crippen molar-refractivity contribution in [1.82, 2.24) is 0 Å². The molecule has 0 bridgehead atoms. The number of esters is 1. The molecule has 2 aliphatic rings. The second-order valence-electron chi connectivity index (χ2n) is 6.54. The number of carbonyl (C=O) groups excluding carboxylic acids is 2. The quantitative estimate of drug-likeness (QED) is 0.593. The molecule has 4 nitrogen and oxygen atoms in total. The number of benzene rings is 1. The van der Waals surface area contributed by atoms with Gasteiger partial charge in [0, 0.05) is 21.8 Å². The largest absolute Gasteiger partial charge is 0.464 e. The molecule has 2 aromatic rings. The van der Waals surface area contributed by atoms with Gasteiger partial charge in [0.05, 0.1) is 6.61 Å². The molecule has 0 spiro atoms. The van der Waals surface area contributed by atoms with E-state index in [1.165, 1.54) is 11.3 Å². The number of ether oxygens (including phenoxy) is 1. The van der Waals surface area contributed by atoms with E-state index in [-0.39, 0.29) is 12.4 Å². The highest BCUT2D eigenvalue weighted by molar-refractivity contribution is 7.10. The lowest BCUT2D eigenvalue weighted by Gasteiger charge is -2.37. The predicted molar refractivity (Wildman–Crippen MR) is 102 cm³/mol. The van der Waals surface area contributed by atoms with Crippen LogP contribution < -0.4 is 4.90 Å². The van der Waals surface area contributed by atoms with Gasteiger partial charge in [0.15, 0.2) is 0 Å². The zero-order valence-electron chi connectivity index (χ0n) is 14.7. The van der Waals surface area contributed by atoms with E-state index in [0.29, 0.717) is 0 Å². The smallest absolute Gasteiger partial charge is 0.346 e. The number of para-hydroxylation sites is 1. The Hall–Kier alpha value is -2.40. The summed E-state index contributed by atoms with van der Waals surface area (Å²) in [7, 11) is 0. The highest BCUT2D eigenvalue weighted by atomic mass is 32.1. The van der Waals surface area contributed by atoms with Crippen molar-refractivity contribution in [3.63, 3.8) is 0 Å². The third kappa shape index (κ3) is 2.34. The van der Waals surface area contributed by atoms with Gasteiger partial charge in [-0.3, -0.25) is 4.79 Å². The molecule has 0 radical (unpaired) electrons. The number of ketones is 1. The van der Waals surface area contributed by atoms with Gasteiger partial charge in [0.1, 0.15) is 0 Å². The van der Waals surface area contributed by atoms with Crippen molar-refractivity contribution in [2.75, 3.05) is 11.5 Å². The topological polar surface area (TPSA) is 46.6 Å². The predicted octanol–water partition coefficient (Wildman–Crippen LogP) is 4.42. The monoisotopic (exact) mass is 367 g/mol. The molecular weight excluding hydrogens is 346 g/mol. The van der Waals surface area contributed by atoms with Crippen molar-refractivity contribution >= 4 is 28.8 Å². The molecule has 0 N–H and O–H groups in total. The molecule has 26 heavy (non-hydrogen) atoms. The first-order valence-electron chi connectivity index (χ1n) is 9.04. The number of carbonyl (C=O) groups is 2. The van der Waals surface area contributed by atoms with E-state index in [1.54, 1.807) is 6.92 Å². The maximum Gasteiger partial charge on any atom is 0.346 e. The zero-order valence-corrected chi connectivity index (χ0v) is 15.6. The molecule has 4 rings (SSSR count). The van der Waals surface area contributed by atoms with Crippen LogP contribution in [0.1, 0.15) is 37.5 Å². The maximum absolute atomic E-state index is 13.7. The fourth-order valence-corrected chi connectivity index (χ4v) is 4.96. The minimum atomic E-state index is -1.43. The molecule has 1 aliphatic carbocycles. The van der Waals surface area contributed by atoms with Crippen LogP contribution in [-0.2, 0) is 19.9 Å². The number of nitrogens with zero attached hydrogens (tertiary/aromatic N) is 1. The van der Waals surface area contributed by atoms with Gasteiger partial charge in [-0.2, -0.15) is 0 Å². The van der Waals surface area contributed by atoms with E-state index in [4.69, 9.17) is 4.74 Å². The summed E-state index contributed by atoms with van der Waals surface area (Å²) in [6, 6.07) is 13.5. The molecule has 1 atom stereocenters. The third-order valence-electron chi connectivity index (χ3n) is 5.11. The van der Waals surface area contributed by atoms with Crippen LogP contribution in [0, 0.1) is 0 Å². The van der Waals surface area contributed by atoms with E-state index in [0.717, 1.165) is 47.5 Å². The standard InChI is InChI=1S/C21H21NO3S/c1-2-25-20(24)21(18-13-8-14-26-18)19(23)16-11-6-7-12-17(16)22(21)15-9-4-3-5-10-15/h3-5,8-10,13-14H,2,6-7,11-12H2,1H3. The zero-order chi connectivity index (χ0) is 18.1. The highest BCUT2D eigenvalue weighted by Gasteiger charge is 2.61. The molecule has 0 saturated heterocycles. The normalized spacial score (nSPS) is 22.5. The summed E-state index contributed by atoms with van der Waals surface area (Å²) in [6.45, 7) is 2.02. The van der Waals surface area contributed by atoms with Gasteiger partial charge in [-0.1, -0.05) is 24.3 Å². The number of Topliss-reactive ketones (excluding diaryl/α,β-unsaturated/α-hetero) is 1. The Labute approximate surface area is 157 Å². The van der Waals surface area contributed by atoms with Gasteiger partial charge in [0.2, 0.25) is 11.3 Å². The maximum atomic E-state index is 13.7. The molecule has 134 valence electrons. The molecule has 0 amide bonds. The van der Waals surface area contributed by atoms with Crippen molar-refractivity contribution in [2.24, 2.45) is 0 Å². The first kappa shape index (κ1) is 17.0. The van der Waals surface area contributed by atoms with E-state index in [9.17, 15) is 9.59 Å². The molecule has 5 heteroatoms. The van der Waals surface area contributed by atoms with Crippen LogP contribution >= 0.6 is 11.3 Å². The van der Waals surface area contributed by atoms with Crippen LogP contribution in [-0.4, -0.2) is 18.4 Å². The Morgan fingerprint density at radius 2 is 1.92 bits per heavy atom. The summed E-state index contributed by atoms with van der Waals surface area (Å²) < 4.78 is 5.46. The van der Waals surface area contributed by atoms with Crippen LogP contribution in [0.15, 0.2) is 59.1 Å². The number of allylic oxidation sites excluding steroid dienone is 1. The Balaban J connectivity index is 1.99. The van der Waals surface area contributed by atoms with E-state index in [2.05, 4.69) is 0 Å². The number of rotatable bonds is 4. The second kappa shape index (κ2) is 6.72. The van der Waals surface area contributed by atoms with Gasteiger partial charge in [0.25, 0.3) is 0 Å². The van der Waals surface area contributed by atoms with Crippen LogP contribution in [0.2, 0.25) is 0 Å². The summed E-state index contributed by atoms with van der Waals surface area (Å²) >= 11 is 1.43. The van der Waals surface area contributed by atoms with Crippen LogP contribution in [0.5, 0.6) is 0 Å². The van der Waals surface area contributed by atoms with Crippen LogP contribution in [0.25, 0.3) is 0 Å². The van der Waals surface area contributed by atoms with Gasteiger partial charge >= 0.3 is 5.97 Å². The van der Waals surface area contributed by atoms with Crippen LogP contribution in [0.4, 0.5) is 5.69 Å². The lowest BCUT2D eigenvalue weighted by atomic mass is 9.87. The highest BCUT2D eigenvalue weighted by Crippen LogP contribution is 2.50. The van der Waals surface area contributed by atoms with E-state index >= 15 is 0 Å². The minimum absolute atomic E-state index is 0.114. The second-order valence-corrected chi connectivity index (χ2v) is 7.49. The summed E-state index contributed by atoms with van der Waals surface area (Å²) in [4.78, 5) is 29.6. The number of hydrogen-bond acceptors (Lipinski definition) is 5. The number of thiophene rings is 1. The third-order valence-corrected chi connectivity index (χ3v) is 6.09. The Bertz CT molecular complexity index is 857. The molecule has 1 aromatic carbocycles. The van der Waals surface area contributed by atoms with Crippen molar-refractivity contribution < 1.29 is 14.3 Å². The van der Waals surface area contributed by atoms with Crippen molar-refractivity contribution in [2.45, 2.75) is 38.1 Å². The average Bonchev–Trinajstić information content (AvgIpc) is 3.29. The summed E-state index contributed by atoms with van der Waals surface area (Å²) in [5.74, 6) is -0.595. The van der Waals surface area contributed by atoms with Crippen molar-refractivity contribution in [3.8, 4) is 0 Å². The van der Waals surface area contributed by atoms with Gasteiger partial charge in [-0.05, 0) is 56.2 Å². The van der Waals surface area contributed by atoms with E-state index in [1.807, 2.05) is 52.7 Å². The first-order valence-corrected chi connectivity index (χ1v) is 9.92. The molecule has 0 saturated carbocycles. The fourth-order valence-electron chi connectivity index (χ4n) is 4.06. The number of anilines is 1. The fraction of sp³-hybridized carbons (Fsp3) is 0.333. The lowest BCUT2D eigenvalue weighted by Crippen LogP contribution is -2.54. The first-order chi connectivity index (χ1) is 12.7. The molecule has 1 unspecified atom stereocenters. The Morgan fingerprint density at radius 3 is 2.62 bits per heavy atom. The molecule has 0 fully saturated rings. The van der Waals surface area contributed by atoms with Gasteiger partial charge in [-0.25, -0.2) is 4.79 Å².